The summed E-state index contributed by atoms with van der Waals surface area (Å²) in [4.78, 5) is 25.5. The third-order valence-corrected chi connectivity index (χ3v) is 4.55. The maximum absolute atomic E-state index is 12.4. The monoisotopic (exact) mass is 388 g/mol. The van der Waals surface area contributed by atoms with Crippen molar-refractivity contribution in [2.24, 2.45) is 0 Å². The number of anilines is 1. The maximum Gasteiger partial charge on any atom is 0.339 e. The SMILES string of the molecule is C[C@@H](OC(=O)c1ccc(N(C)C)c([N+](=O)[O-])c1)c1nnc(-c2cccs2)o1. The van der Waals surface area contributed by atoms with Crippen molar-refractivity contribution in [2.45, 2.75) is 13.0 Å². The van der Waals surface area contributed by atoms with Crippen LogP contribution >= 0.6 is 11.3 Å². The van der Waals surface area contributed by atoms with Crippen molar-refractivity contribution in [3.05, 3.63) is 57.3 Å². The largest absolute Gasteiger partial charge is 0.449 e. The van der Waals surface area contributed by atoms with E-state index < -0.39 is 17.0 Å². The van der Waals surface area contributed by atoms with E-state index in [1.165, 1.54) is 29.5 Å². The van der Waals surface area contributed by atoms with Crippen LogP contribution in [0.5, 0.6) is 0 Å². The van der Waals surface area contributed by atoms with Crippen molar-refractivity contribution < 1.29 is 18.9 Å². The van der Waals surface area contributed by atoms with Gasteiger partial charge in [-0.15, -0.1) is 21.5 Å². The van der Waals surface area contributed by atoms with Gasteiger partial charge in [0.1, 0.15) is 5.69 Å². The summed E-state index contributed by atoms with van der Waals surface area (Å²) in [5, 5.41) is 21.0. The van der Waals surface area contributed by atoms with Gasteiger partial charge in [-0.25, -0.2) is 4.79 Å². The van der Waals surface area contributed by atoms with Crippen LogP contribution in [0, 0.1) is 10.1 Å². The Kier molecular flexibility index (Phi) is 5.17. The van der Waals surface area contributed by atoms with Crippen LogP contribution in [0.2, 0.25) is 0 Å². The standard InChI is InChI=1S/C17H16N4O5S/c1-10(15-18-19-16(26-15)14-5-4-8-27-14)25-17(22)11-6-7-12(20(2)3)13(9-11)21(23)24/h4-10H,1-3H3/t10-/m1/s1. The molecule has 0 saturated heterocycles. The molecule has 1 atom stereocenters. The van der Waals surface area contributed by atoms with Gasteiger partial charge >= 0.3 is 5.97 Å². The Morgan fingerprint density at radius 1 is 1.33 bits per heavy atom. The molecule has 0 aliphatic rings. The number of esters is 1. The first-order valence-corrected chi connectivity index (χ1v) is 8.79. The third kappa shape index (κ3) is 3.95. The third-order valence-electron chi connectivity index (χ3n) is 3.69. The second-order valence-electron chi connectivity index (χ2n) is 5.83. The van der Waals surface area contributed by atoms with Gasteiger partial charge in [0, 0.05) is 20.2 Å². The molecule has 9 nitrogen and oxygen atoms in total. The highest BCUT2D eigenvalue weighted by molar-refractivity contribution is 7.13. The van der Waals surface area contributed by atoms with Crippen molar-refractivity contribution in [1.82, 2.24) is 10.2 Å². The molecule has 3 aromatic rings. The molecule has 0 spiro atoms. The van der Waals surface area contributed by atoms with E-state index in [1.54, 1.807) is 25.9 Å². The zero-order valence-corrected chi connectivity index (χ0v) is 15.6. The number of rotatable bonds is 6. The van der Waals surface area contributed by atoms with E-state index in [4.69, 9.17) is 9.15 Å². The first kappa shape index (κ1) is 18.5. The fourth-order valence-corrected chi connectivity index (χ4v) is 3.00. The Morgan fingerprint density at radius 3 is 2.74 bits per heavy atom. The number of carbonyl (C=O) groups excluding carboxylic acids is 1. The molecule has 0 aliphatic carbocycles. The lowest BCUT2D eigenvalue weighted by Gasteiger charge is -2.14. The number of benzene rings is 1. The second-order valence-corrected chi connectivity index (χ2v) is 6.77. The highest BCUT2D eigenvalue weighted by atomic mass is 32.1. The molecule has 27 heavy (non-hydrogen) atoms. The summed E-state index contributed by atoms with van der Waals surface area (Å²) in [5.74, 6) is -0.230. The van der Waals surface area contributed by atoms with E-state index in [-0.39, 0.29) is 17.1 Å². The fourth-order valence-electron chi connectivity index (χ4n) is 2.35. The van der Waals surface area contributed by atoms with Gasteiger partial charge in [-0.3, -0.25) is 10.1 Å². The van der Waals surface area contributed by atoms with Crippen LogP contribution in [-0.4, -0.2) is 35.2 Å². The minimum atomic E-state index is -0.800. The summed E-state index contributed by atoms with van der Waals surface area (Å²) in [7, 11) is 3.37. The summed E-state index contributed by atoms with van der Waals surface area (Å²) in [5.41, 5.74) is 0.277. The van der Waals surface area contributed by atoms with E-state index in [1.807, 2.05) is 17.5 Å². The predicted molar refractivity (Wildman–Crippen MR) is 98.9 cm³/mol. The van der Waals surface area contributed by atoms with Gasteiger partial charge in [-0.05, 0) is 30.5 Å². The van der Waals surface area contributed by atoms with Crippen molar-refractivity contribution in [3.8, 4) is 10.8 Å². The number of hydrogen-bond acceptors (Lipinski definition) is 9. The Bertz CT molecular complexity index is 968. The summed E-state index contributed by atoms with van der Waals surface area (Å²) in [6.45, 7) is 1.59. The highest BCUT2D eigenvalue weighted by Crippen LogP contribution is 2.29. The number of aromatic nitrogens is 2. The molecule has 0 saturated carbocycles. The van der Waals surface area contributed by atoms with Crippen LogP contribution in [0.3, 0.4) is 0 Å². The molecule has 3 rings (SSSR count). The molecule has 0 amide bonds. The number of ether oxygens (including phenoxy) is 1. The van der Waals surface area contributed by atoms with Gasteiger partial charge < -0.3 is 14.1 Å². The van der Waals surface area contributed by atoms with E-state index in [0.29, 0.717) is 11.6 Å². The second kappa shape index (κ2) is 7.54. The normalized spacial score (nSPS) is 11.8. The highest BCUT2D eigenvalue weighted by Gasteiger charge is 2.23. The number of nitro groups is 1. The zero-order chi connectivity index (χ0) is 19.6. The zero-order valence-electron chi connectivity index (χ0n) is 14.8. The molecule has 0 fully saturated rings. The molecular formula is C17H16N4O5S. The first-order chi connectivity index (χ1) is 12.9. The fraction of sp³-hybridized carbons (Fsp3) is 0.235. The van der Waals surface area contributed by atoms with Crippen LogP contribution < -0.4 is 4.90 Å². The topological polar surface area (TPSA) is 112 Å². The molecule has 2 aromatic heterocycles. The molecule has 0 aliphatic heterocycles. The number of hydrogen-bond donors (Lipinski definition) is 0. The molecule has 0 bridgehead atoms. The lowest BCUT2D eigenvalue weighted by atomic mass is 10.1. The predicted octanol–water partition coefficient (Wildman–Crippen LogP) is 3.69. The Labute approximate surface area is 158 Å². The smallest absolute Gasteiger partial charge is 0.339 e. The summed E-state index contributed by atoms with van der Waals surface area (Å²) in [6.07, 6.45) is -0.800. The van der Waals surface area contributed by atoms with Crippen LogP contribution in [0.15, 0.2) is 40.1 Å². The van der Waals surface area contributed by atoms with Gasteiger partial charge in [0.25, 0.3) is 17.5 Å². The van der Waals surface area contributed by atoms with Gasteiger partial charge in [0.15, 0.2) is 6.10 Å². The lowest BCUT2D eigenvalue weighted by Crippen LogP contribution is -2.13. The van der Waals surface area contributed by atoms with Gasteiger partial charge in [0.05, 0.1) is 15.4 Å². The van der Waals surface area contributed by atoms with Gasteiger partial charge in [-0.1, -0.05) is 6.07 Å². The van der Waals surface area contributed by atoms with Crippen molar-refractivity contribution in [1.29, 1.82) is 0 Å². The summed E-state index contributed by atoms with van der Waals surface area (Å²) in [6, 6.07) is 7.86. The van der Waals surface area contributed by atoms with E-state index in [9.17, 15) is 14.9 Å². The number of carbonyl (C=O) groups is 1. The van der Waals surface area contributed by atoms with Crippen molar-refractivity contribution in [3.63, 3.8) is 0 Å². The summed E-state index contributed by atoms with van der Waals surface area (Å²) < 4.78 is 10.9. The van der Waals surface area contributed by atoms with Crippen LogP contribution in [0.25, 0.3) is 10.8 Å². The van der Waals surface area contributed by atoms with E-state index in [0.717, 1.165) is 4.88 Å². The van der Waals surface area contributed by atoms with E-state index in [2.05, 4.69) is 10.2 Å². The van der Waals surface area contributed by atoms with Crippen LogP contribution in [-0.2, 0) is 4.74 Å². The lowest BCUT2D eigenvalue weighted by molar-refractivity contribution is -0.384. The molecule has 0 radical (unpaired) electrons. The molecule has 140 valence electrons. The van der Waals surface area contributed by atoms with Crippen molar-refractivity contribution in [2.75, 3.05) is 19.0 Å². The van der Waals surface area contributed by atoms with Crippen LogP contribution in [0.1, 0.15) is 29.3 Å². The molecular weight excluding hydrogens is 372 g/mol. The Balaban J connectivity index is 1.77. The average Bonchev–Trinajstić information content (AvgIpc) is 3.32. The van der Waals surface area contributed by atoms with Crippen LogP contribution in [0.4, 0.5) is 11.4 Å². The number of nitrogens with zero attached hydrogens (tertiary/aromatic N) is 4. The molecule has 0 N–H and O–H groups in total. The van der Waals surface area contributed by atoms with Crippen molar-refractivity contribution >= 4 is 28.7 Å². The Morgan fingerprint density at radius 2 is 2.11 bits per heavy atom. The maximum atomic E-state index is 12.4. The summed E-state index contributed by atoms with van der Waals surface area (Å²) >= 11 is 1.45. The quantitative estimate of drug-likeness (QED) is 0.357. The minimum absolute atomic E-state index is 0.0668. The average molecular weight is 388 g/mol. The van der Waals surface area contributed by atoms with Gasteiger partial charge in [-0.2, -0.15) is 0 Å². The number of nitro benzene ring substituents is 1. The first-order valence-electron chi connectivity index (χ1n) is 7.91. The van der Waals surface area contributed by atoms with Gasteiger partial charge in [0.2, 0.25) is 0 Å². The minimum Gasteiger partial charge on any atom is -0.449 e. The van der Waals surface area contributed by atoms with E-state index >= 15 is 0 Å². The molecule has 0 unspecified atom stereocenters. The molecule has 1 aromatic carbocycles. The Hall–Kier alpha value is -3.27. The molecule has 2 heterocycles. The molecule has 10 heteroatoms. The number of thiophene rings is 1.